The molecule has 0 fully saturated rings. The SMILES string of the molecule is CC(C)c1cc(F)cc2c1C(C(=O)O)CCC2(C)C. The zero-order valence-corrected chi connectivity index (χ0v) is 12.0. The van der Waals surface area contributed by atoms with E-state index < -0.39 is 11.9 Å². The summed E-state index contributed by atoms with van der Waals surface area (Å²) in [6.07, 6.45) is 1.40. The number of halogens is 1. The minimum Gasteiger partial charge on any atom is -0.481 e. The Morgan fingerprint density at radius 3 is 2.58 bits per heavy atom. The predicted octanol–water partition coefficient (Wildman–Crippen LogP) is 4.19. The maximum Gasteiger partial charge on any atom is 0.310 e. The van der Waals surface area contributed by atoms with E-state index in [1.165, 1.54) is 12.1 Å². The molecule has 1 atom stereocenters. The number of hydrogen-bond acceptors (Lipinski definition) is 1. The van der Waals surface area contributed by atoms with Crippen LogP contribution in [0.25, 0.3) is 0 Å². The van der Waals surface area contributed by atoms with Crippen molar-refractivity contribution in [3.05, 3.63) is 34.6 Å². The second-order valence-corrected chi connectivity index (χ2v) is 6.42. The number of fused-ring (bicyclic) bond motifs is 1. The highest BCUT2D eigenvalue weighted by molar-refractivity contribution is 5.78. The van der Waals surface area contributed by atoms with Crippen LogP contribution in [0.15, 0.2) is 12.1 Å². The molecule has 0 bridgehead atoms. The van der Waals surface area contributed by atoms with Gasteiger partial charge in [-0.15, -0.1) is 0 Å². The van der Waals surface area contributed by atoms with Crippen LogP contribution in [0.2, 0.25) is 0 Å². The molecule has 0 aromatic heterocycles. The van der Waals surface area contributed by atoms with Gasteiger partial charge < -0.3 is 5.11 Å². The highest BCUT2D eigenvalue weighted by Gasteiger charge is 2.38. The van der Waals surface area contributed by atoms with Crippen molar-refractivity contribution in [3.63, 3.8) is 0 Å². The van der Waals surface area contributed by atoms with Gasteiger partial charge in [0.1, 0.15) is 5.82 Å². The lowest BCUT2D eigenvalue weighted by atomic mass is 9.66. The van der Waals surface area contributed by atoms with Gasteiger partial charge in [0.2, 0.25) is 0 Å². The van der Waals surface area contributed by atoms with Crippen LogP contribution < -0.4 is 0 Å². The van der Waals surface area contributed by atoms with Crippen LogP contribution in [-0.4, -0.2) is 11.1 Å². The summed E-state index contributed by atoms with van der Waals surface area (Å²) < 4.78 is 13.8. The van der Waals surface area contributed by atoms with Crippen LogP contribution >= 0.6 is 0 Å². The smallest absolute Gasteiger partial charge is 0.310 e. The number of hydrogen-bond donors (Lipinski definition) is 1. The molecule has 1 aromatic rings. The summed E-state index contributed by atoms with van der Waals surface area (Å²) in [5.41, 5.74) is 2.40. The monoisotopic (exact) mass is 264 g/mol. The van der Waals surface area contributed by atoms with E-state index in [2.05, 4.69) is 13.8 Å². The van der Waals surface area contributed by atoms with Crippen molar-refractivity contribution >= 4 is 5.97 Å². The average Bonchev–Trinajstić information content (AvgIpc) is 2.28. The standard InChI is InChI=1S/C16H21FO2/c1-9(2)12-7-10(17)8-13-14(12)11(15(18)19)5-6-16(13,3)4/h7-9,11H,5-6H2,1-4H3,(H,18,19). The molecule has 0 saturated carbocycles. The number of rotatable bonds is 2. The van der Waals surface area contributed by atoms with Gasteiger partial charge in [0.25, 0.3) is 0 Å². The van der Waals surface area contributed by atoms with Crippen LogP contribution in [0.5, 0.6) is 0 Å². The topological polar surface area (TPSA) is 37.3 Å². The quantitative estimate of drug-likeness (QED) is 0.869. The van der Waals surface area contributed by atoms with Gasteiger partial charge >= 0.3 is 5.97 Å². The lowest BCUT2D eigenvalue weighted by Crippen LogP contribution is -2.31. The first-order chi connectivity index (χ1) is 8.74. The molecule has 0 amide bonds. The number of carboxylic acid groups (broad SMARTS) is 1. The highest BCUT2D eigenvalue weighted by atomic mass is 19.1. The summed E-state index contributed by atoms with van der Waals surface area (Å²) in [4.78, 5) is 11.5. The number of aliphatic carboxylic acids is 1. The third kappa shape index (κ3) is 2.38. The molecule has 0 saturated heterocycles. The minimum atomic E-state index is -0.801. The summed E-state index contributed by atoms with van der Waals surface area (Å²) in [6.45, 7) is 8.09. The second-order valence-electron chi connectivity index (χ2n) is 6.42. The minimum absolute atomic E-state index is 0.125. The molecule has 1 unspecified atom stereocenters. The molecule has 2 rings (SSSR count). The maximum atomic E-state index is 13.8. The van der Waals surface area contributed by atoms with E-state index >= 15 is 0 Å². The maximum absolute atomic E-state index is 13.8. The van der Waals surface area contributed by atoms with Gasteiger partial charge in [0.15, 0.2) is 0 Å². The zero-order chi connectivity index (χ0) is 14.4. The Morgan fingerprint density at radius 1 is 1.42 bits per heavy atom. The molecular weight excluding hydrogens is 243 g/mol. The molecule has 1 aromatic carbocycles. The number of carboxylic acids is 1. The van der Waals surface area contributed by atoms with Gasteiger partial charge in [-0.05, 0) is 53.0 Å². The van der Waals surface area contributed by atoms with E-state index in [1.54, 1.807) is 0 Å². The van der Waals surface area contributed by atoms with Crippen molar-refractivity contribution < 1.29 is 14.3 Å². The van der Waals surface area contributed by atoms with E-state index in [4.69, 9.17) is 0 Å². The fourth-order valence-electron chi connectivity index (χ4n) is 3.10. The van der Waals surface area contributed by atoms with Gasteiger partial charge in [-0.2, -0.15) is 0 Å². The van der Waals surface area contributed by atoms with Gasteiger partial charge in [-0.25, -0.2) is 4.39 Å². The summed E-state index contributed by atoms with van der Waals surface area (Å²) in [5, 5.41) is 9.44. The van der Waals surface area contributed by atoms with Crippen molar-refractivity contribution in [2.75, 3.05) is 0 Å². The first kappa shape index (κ1) is 14.0. The van der Waals surface area contributed by atoms with Crippen LogP contribution in [0, 0.1) is 5.82 Å². The fraction of sp³-hybridized carbons (Fsp3) is 0.562. The third-order valence-electron chi connectivity index (χ3n) is 4.23. The van der Waals surface area contributed by atoms with E-state index in [0.29, 0.717) is 6.42 Å². The van der Waals surface area contributed by atoms with Crippen molar-refractivity contribution in [2.24, 2.45) is 0 Å². The molecule has 0 heterocycles. The molecule has 2 nitrogen and oxygen atoms in total. The first-order valence-corrected chi connectivity index (χ1v) is 6.80. The summed E-state index contributed by atoms with van der Waals surface area (Å²) >= 11 is 0. The molecule has 104 valence electrons. The Bertz CT molecular complexity index is 518. The molecule has 19 heavy (non-hydrogen) atoms. The predicted molar refractivity (Wildman–Crippen MR) is 73.1 cm³/mol. The summed E-state index contributed by atoms with van der Waals surface area (Å²) in [7, 11) is 0. The van der Waals surface area contributed by atoms with Crippen molar-refractivity contribution in [2.45, 2.75) is 57.8 Å². The third-order valence-corrected chi connectivity index (χ3v) is 4.23. The van der Waals surface area contributed by atoms with Crippen molar-refractivity contribution in [1.82, 2.24) is 0 Å². The molecule has 1 aliphatic rings. The largest absolute Gasteiger partial charge is 0.481 e. The van der Waals surface area contributed by atoms with Gasteiger partial charge in [-0.3, -0.25) is 4.79 Å². The van der Waals surface area contributed by atoms with E-state index in [1.807, 2.05) is 13.8 Å². The van der Waals surface area contributed by atoms with Crippen molar-refractivity contribution in [1.29, 1.82) is 0 Å². The van der Waals surface area contributed by atoms with Gasteiger partial charge in [-0.1, -0.05) is 27.7 Å². The van der Waals surface area contributed by atoms with Crippen LogP contribution in [0.3, 0.4) is 0 Å². The molecule has 3 heteroatoms. The molecule has 0 aliphatic heterocycles. The van der Waals surface area contributed by atoms with E-state index in [9.17, 15) is 14.3 Å². The molecule has 1 aliphatic carbocycles. The molecule has 0 radical (unpaired) electrons. The lowest BCUT2D eigenvalue weighted by molar-refractivity contribution is -0.139. The van der Waals surface area contributed by atoms with Crippen LogP contribution in [-0.2, 0) is 10.2 Å². The Labute approximate surface area is 113 Å². The van der Waals surface area contributed by atoms with Gasteiger partial charge in [0, 0.05) is 0 Å². The van der Waals surface area contributed by atoms with E-state index in [-0.39, 0.29) is 17.2 Å². The highest BCUT2D eigenvalue weighted by Crippen LogP contribution is 2.45. The zero-order valence-electron chi connectivity index (χ0n) is 12.0. The molecule has 0 spiro atoms. The van der Waals surface area contributed by atoms with E-state index in [0.717, 1.165) is 23.1 Å². The van der Waals surface area contributed by atoms with Crippen molar-refractivity contribution in [3.8, 4) is 0 Å². The molecular formula is C16H21FO2. The Balaban J connectivity index is 2.74. The van der Waals surface area contributed by atoms with Crippen LogP contribution in [0.1, 0.15) is 69.1 Å². The average molecular weight is 264 g/mol. The Morgan fingerprint density at radius 2 is 2.05 bits per heavy atom. The summed E-state index contributed by atoms with van der Waals surface area (Å²) in [6, 6.07) is 3.02. The van der Waals surface area contributed by atoms with Gasteiger partial charge in [0.05, 0.1) is 5.92 Å². The lowest BCUT2D eigenvalue weighted by Gasteiger charge is -2.37. The number of benzene rings is 1. The second kappa shape index (κ2) is 4.62. The number of carbonyl (C=O) groups is 1. The first-order valence-electron chi connectivity index (χ1n) is 6.80. The summed E-state index contributed by atoms with van der Waals surface area (Å²) in [5.74, 6) is -1.44. The fourth-order valence-corrected chi connectivity index (χ4v) is 3.10. The van der Waals surface area contributed by atoms with Crippen LogP contribution in [0.4, 0.5) is 4.39 Å². The Kier molecular flexibility index (Phi) is 3.41. The normalized spacial score (nSPS) is 21.3. The Hall–Kier alpha value is -1.38. The molecule has 1 N–H and O–H groups in total.